The highest BCUT2D eigenvalue weighted by Crippen LogP contribution is 2.42. The van der Waals surface area contributed by atoms with Crippen molar-refractivity contribution < 1.29 is 4.79 Å². The van der Waals surface area contributed by atoms with Crippen LogP contribution in [0.1, 0.15) is 45.6 Å². The zero-order valence-electron chi connectivity index (χ0n) is 14.1. The van der Waals surface area contributed by atoms with Crippen LogP contribution < -0.4 is 0 Å². The number of amides is 1. The fourth-order valence-corrected chi connectivity index (χ4v) is 3.92. The van der Waals surface area contributed by atoms with Crippen LogP contribution >= 0.6 is 0 Å². The second kappa shape index (κ2) is 5.69. The quantitative estimate of drug-likeness (QED) is 0.836. The summed E-state index contributed by atoms with van der Waals surface area (Å²) in [5.41, 5.74) is 1.71. The molecule has 0 aromatic heterocycles. The van der Waals surface area contributed by atoms with Crippen LogP contribution in [0.3, 0.4) is 0 Å². The van der Waals surface area contributed by atoms with Crippen molar-refractivity contribution in [2.75, 3.05) is 19.6 Å². The second-order valence-electron chi connectivity index (χ2n) is 8.07. The van der Waals surface area contributed by atoms with Gasteiger partial charge in [0.05, 0.1) is 0 Å². The van der Waals surface area contributed by atoms with Crippen LogP contribution in [-0.4, -0.2) is 40.9 Å². The maximum atomic E-state index is 12.4. The van der Waals surface area contributed by atoms with E-state index >= 15 is 0 Å². The van der Waals surface area contributed by atoms with Crippen LogP contribution in [0.15, 0.2) is 30.3 Å². The minimum atomic E-state index is 0.230. The van der Waals surface area contributed by atoms with E-state index in [0.717, 1.165) is 45.4 Å². The molecule has 0 unspecified atom stereocenters. The maximum absolute atomic E-state index is 12.4. The van der Waals surface area contributed by atoms with E-state index in [1.807, 2.05) is 18.2 Å². The van der Waals surface area contributed by atoms with E-state index in [9.17, 15) is 4.79 Å². The van der Waals surface area contributed by atoms with Crippen molar-refractivity contribution in [2.24, 2.45) is 5.41 Å². The van der Waals surface area contributed by atoms with Crippen LogP contribution in [0.25, 0.3) is 0 Å². The number of hydrogen-bond donors (Lipinski definition) is 0. The Kier molecular flexibility index (Phi) is 4.02. The molecule has 0 N–H and O–H groups in total. The van der Waals surface area contributed by atoms with Gasteiger partial charge in [0, 0.05) is 25.0 Å². The summed E-state index contributed by atoms with van der Waals surface area (Å²) in [6, 6.07) is 10.3. The largest absolute Gasteiger partial charge is 0.338 e. The predicted octanol–water partition coefficient (Wildman–Crippen LogP) is 3.30. The molecule has 0 saturated carbocycles. The molecule has 0 aliphatic carbocycles. The minimum Gasteiger partial charge on any atom is -0.338 e. The molecule has 2 heterocycles. The lowest BCUT2D eigenvalue weighted by atomic mass is 9.76. The molecule has 2 fully saturated rings. The van der Waals surface area contributed by atoms with E-state index < -0.39 is 0 Å². The molecule has 22 heavy (non-hydrogen) atoms. The number of hydrogen-bond acceptors (Lipinski definition) is 2. The van der Waals surface area contributed by atoms with Crippen LogP contribution in [0.4, 0.5) is 0 Å². The highest BCUT2D eigenvalue weighted by atomic mass is 16.2. The average Bonchev–Trinajstić information content (AvgIpc) is 2.75. The first-order chi connectivity index (χ1) is 10.4. The Labute approximate surface area is 134 Å². The molecule has 1 aromatic rings. The van der Waals surface area contributed by atoms with Gasteiger partial charge in [0.2, 0.25) is 5.91 Å². The Morgan fingerprint density at radius 3 is 2.32 bits per heavy atom. The molecule has 1 amide bonds. The standard InChI is InChI=1S/C19H28N2O/c1-18(2,3)21-11-9-19(10-12-21)13-17(22)20(15-19)14-16-7-5-4-6-8-16/h4-8H,9-15H2,1-3H3. The molecule has 0 bridgehead atoms. The summed E-state index contributed by atoms with van der Waals surface area (Å²) in [4.78, 5) is 17.1. The number of carbonyl (C=O) groups excluding carboxylic acids is 1. The molecule has 2 aliphatic rings. The summed E-state index contributed by atoms with van der Waals surface area (Å²) in [6.45, 7) is 10.8. The number of benzene rings is 1. The van der Waals surface area contributed by atoms with Crippen molar-refractivity contribution in [2.45, 2.75) is 52.1 Å². The van der Waals surface area contributed by atoms with Gasteiger partial charge in [0.15, 0.2) is 0 Å². The molecular formula is C19H28N2O. The number of piperidine rings is 1. The normalized spacial score (nSPS) is 22.5. The Hall–Kier alpha value is -1.35. The van der Waals surface area contributed by atoms with E-state index in [2.05, 4.69) is 42.7 Å². The zero-order chi connectivity index (χ0) is 15.8. The number of carbonyl (C=O) groups is 1. The molecular weight excluding hydrogens is 272 g/mol. The molecule has 1 spiro atoms. The first-order valence-corrected chi connectivity index (χ1v) is 8.45. The molecule has 2 aliphatic heterocycles. The zero-order valence-corrected chi connectivity index (χ0v) is 14.1. The fraction of sp³-hybridized carbons (Fsp3) is 0.632. The molecule has 0 radical (unpaired) electrons. The third-order valence-corrected chi connectivity index (χ3v) is 5.39. The lowest BCUT2D eigenvalue weighted by Crippen LogP contribution is -2.49. The summed E-state index contributed by atoms with van der Waals surface area (Å²) in [6.07, 6.45) is 3.06. The lowest BCUT2D eigenvalue weighted by Gasteiger charge is -2.44. The summed E-state index contributed by atoms with van der Waals surface area (Å²) in [5, 5.41) is 0. The molecule has 3 heteroatoms. The van der Waals surface area contributed by atoms with Gasteiger partial charge in [-0.25, -0.2) is 0 Å². The minimum absolute atomic E-state index is 0.230. The van der Waals surface area contributed by atoms with E-state index in [0.29, 0.717) is 5.91 Å². The molecule has 1 aromatic carbocycles. The third-order valence-electron chi connectivity index (χ3n) is 5.39. The maximum Gasteiger partial charge on any atom is 0.223 e. The summed E-state index contributed by atoms with van der Waals surface area (Å²) in [5.74, 6) is 0.341. The number of nitrogens with zero attached hydrogens (tertiary/aromatic N) is 2. The van der Waals surface area contributed by atoms with E-state index in [4.69, 9.17) is 0 Å². The highest BCUT2D eigenvalue weighted by molar-refractivity contribution is 5.79. The van der Waals surface area contributed by atoms with Crippen LogP contribution in [0.5, 0.6) is 0 Å². The van der Waals surface area contributed by atoms with Crippen LogP contribution in [-0.2, 0) is 11.3 Å². The molecule has 2 saturated heterocycles. The fourth-order valence-electron chi connectivity index (χ4n) is 3.92. The third kappa shape index (κ3) is 3.19. The Bertz CT molecular complexity index is 524. The first-order valence-electron chi connectivity index (χ1n) is 8.45. The topological polar surface area (TPSA) is 23.6 Å². The molecule has 0 atom stereocenters. The Morgan fingerprint density at radius 2 is 1.73 bits per heavy atom. The van der Waals surface area contributed by atoms with Gasteiger partial charge in [0.1, 0.15) is 0 Å². The van der Waals surface area contributed by atoms with Gasteiger partial charge in [-0.05, 0) is 57.7 Å². The first kappa shape index (κ1) is 15.5. The van der Waals surface area contributed by atoms with Gasteiger partial charge < -0.3 is 4.90 Å². The van der Waals surface area contributed by atoms with Crippen molar-refractivity contribution >= 4 is 5.91 Å². The summed E-state index contributed by atoms with van der Waals surface area (Å²) in [7, 11) is 0. The smallest absolute Gasteiger partial charge is 0.223 e. The van der Waals surface area contributed by atoms with Crippen molar-refractivity contribution in [1.82, 2.24) is 9.80 Å². The van der Waals surface area contributed by atoms with Gasteiger partial charge in [-0.15, -0.1) is 0 Å². The highest BCUT2D eigenvalue weighted by Gasteiger charge is 2.45. The van der Waals surface area contributed by atoms with E-state index in [1.165, 1.54) is 5.56 Å². The van der Waals surface area contributed by atoms with Crippen LogP contribution in [0.2, 0.25) is 0 Å². The van der Waals surface area contributed by atoms with Crippen molar-refractivity contribution in [3.63, 3.8) is 0 Å². The second-order valence-corrected chi connectivity index (χ2v) is 8.07. The van der Waals surface area contributed by atoms with Crippen molar-refractivity contribution in [3.8, 4) is 0 Å². The monoisotopic (exact) mass is 300 g/mol. The molecule has 3 nitrogen and oxygen atoms in total. The van der Waals surface area contributed by atoms with E-state index in [-0.39, 0.29) is 11.0 Å². The summed E-state index contributed by atoms with van der Waals surface area (Å²) >= 11 is 0. The average molecular weight is 300 g/mol. The van der Waals surface area contributed by atoms with E-state index in [1.54, 1.807) is 0 Å². The SMILES string of the molecule is CC(C)(C)N1CCC2(CC1)CC(=O)N(Cc1ccccc1)C2. The lowest BCUT2D eigenvalue weighted by molar-refractivity contribution is -0.128. The Balaban J connectivity index is 1.63. The van der Waals surface area contributed by atoms with Gasteiger partial charge in [-0.3, -0.25) is 9.69 Å². The van der Waals surface area contributed by atoms with Gasteiger partial charge in [0.25, 0.3) is 0 Å². The summed E-state index contributed by atoms with van der Waals surface area (Å²) < 4.78 is 0. The Morgan fingerprint density at radius 1 is 1.09 bits per heavy atom. The number of likely N-dealkylation sites (tertiary alicyclic amines) is 2. The predicted molar refractivity (Wildman–Crippen MR) is 89.5 cm³/mol. The number of rotatable bonds is 2. The van der Waals surface area contributed by atoms with Crippen LogP contribution in [0, 0.1) is 5.41 Å². The van der Waals surface area contributed by atoms with Crippen molar-refractivity contribution in [1.29, 1.82) is 0 Å². The van der Waals surface area contributed by atoms with Crippen molar-refractivity contribution in [3.05, 3.63) is 35.9 Å². The van der Waals surface area contributed by atoms with Gasteiger partial charge in [-0.1, -0.05) is 30.3 Å². The van der Waals surface area contributed by atoms with Gasteiger partial charge >= 0.3 is 0 Å². The molecule has 120 valence electrons. The molecule has 3 rings (SSSR count). The van der Waals surface area contributed by atoms with Gasteiger partial charge in [-0.2, -0.15) is 0 Å².